The fraction of sp³-hybridized carbons (Fsp3) is 0.714. The van der Waals surface area contributed by atoms with Gasteiger partial charge in [-0.2, -0.15) is 0 Å². The lowest BCUT2D eigenvalue weighted by Crippen LogP contribution is -2.09. The number of nitrogens with one attached hydrogen (secondary N) is 1. The van der Waals surface area contributed by atoms with E-state index in [2.05, 4.69) is 25.7 Å². The predicted octanol–water partition coefficient (Wildman–Crippen LogP) is 0.857. The second kappa shape index (κ2) is 29.4. The van der Waals surface area contributed by atoms with E-state index in [0.29, 0.717) is 0 Å². The summed E-state index contributed by atoms with van der Waals surface area (Å²) in [7, 11) is -2.22. The SMILES string of the molecule is C=CC[SH](=O)=O.CCNCC.F.F.F. The van der Waals surface area contributed by atoms with Crippen LogP contribution >= 0.6 is 0 Å². The number of thiol groups is 1. The highest BCUT2D eigenvalue weighted by Gasteiger charge is 1.70. The molecule has 3 nitrogen and oxygen atoms in total. The highest BCUT2D eigenvalue weighted by molar-refractivity contribution is 7.72. The van der Waals surface area contributed by atoms with Crippen molar-refractivity contribution in [3.05, 3.63) is 12.7 Å². The Bertz CT molecular complexity index is 144. The third-order valence-electron chi connectivity index (χ3n) is 0.778. The Labute approximate surface area is 84.6 Å². The van der Waals surface area contributed by atoms with Crippen molar-refractivity contribution in [3.63, 3.8) is 0 Å². The zero-order valence-corrected chi connectivity index (χ0v) is 9.29. The molecular formula is C7H20F3NO2S. The number of rotatable bonds is 4. The van der Waals surface area contributed by atoms with Crippen molar-refractivity contribution in [3.8, 4) is 0 Å². The van der Waals surface area contributed by atoms with Gasteiger partial charge in [0.2, 0.25) is 0 Å². The smallest absolute Gasteiger partial charge is 0.143 e. The molecule has 0 unspecified atom stereocenters. The number of hydrogen-bond donors (Lipinski definition) is 2. The van der Waals surface area contributed by atoms with E-state index in [9.17, 15) is 8.42 Å². The molecule has 14 heavy (non-hydrogen) atoms. The van der Waals surface area contributed by atoms with Gasteiger partial charge < -0.3 is 5.32 Å². The Kier molecular flexibility index (Phi) is 61.3. The van der Waals surface area contributed by atoms with Crippen molar-refractivity contribution < 1.29 is 22.5 Å². The zero-order chi connectivity index (χ0) is 9.11. The lowest BCUT2D eigenvalue weighted by molar-refractivity contribution is 0.617. The summed E-state index contributed by atoms with van der Waals surface area (Å²) in [5.41, 5.74) is 0. The van der Waals surface area contributed by atoms with Gasteiger partial charge in [0.05, 0.1) is 5.75 Å². The molecule has 0 saturated carbocycles. The van der Waals surface area contributed by atoms with Crippen LogP contribution < -0.4 is 5.32 Å². The Morgan fingerprint density at radius 1 is 1.14 bits per heavy atom. The first-order valence-electron chi connectivity index (χ1n) is 3.62. The summed E-state index contributed by atoms with van der Waals surface area (Å²) >= 11 is 0. The molecule has 0 rings (SSSR count). The van der Waals surface area contributed by atoms with E-state index in [1.54, 1.807) is 0 Å². The fourth-order valence-corrected chi connectivity index (χ4v) is 0.566. The first-order valence-corrected chi connectivity index (χ1v) is 4.98. The normalized spacial score (nSPS) is 6.79. The summed E-state index contributed by atoms with van der Waals surface area (Å²) in [4.78, 5) is 0. The maximum Gasteiger partial charge on any atom is 0.143 e. The van der Waals surface area contributed by atoms with Gasteiger partial charge in [-0.3, -0.25) is 14.1 Å². The molecule has 7 heteroatoms. The van der Waals surface area contributed by atoms with Gasteiger partial charge in [0, 0.05) is 0 Å². The van der Waals surface area contributed by atoms with E-state index in [0.717, 1.165) is 13.1 Å². The van der Waals surface area contributed by atoms with Crippen LogP contribution in [0.25, 0.3) is 0 Å². The zero-order valence-electron chi connectivity index (χ0n) is 8.39. The van der Waals surface area contributed by atoms with E-state index in [-0.39, 0.29) is 19.9 Å². The molecule has 92 valence electrons. The molecule has 0 fully saturated rings. The van der Waals surface area contributed by atoms with Crippen LogP contribution in [0.15, 0.2) is 12.7 Å². The van der Waals surface area contributed by atoms with Crippen molar-refractivity contribution in [1.29, 1.82) is 0 Å². The van der Waals surface area contributed by atoms with Crippen LogP contribution in [0.3, 0.4) is 0 Å². The van der Waals surface area contributed by atoms with Gasteiger partial charge in [-0.1, -0.05) is 19.9 Å². The average molecular weight is 239 g/mol. The topological polar surface area (TPSA) is 46.2 Å². The number of hydrogen-bond acceptors (Lipinski definition) is 3. The van der Waals surface area contributed by atoms with Gasteiger partial charge in [0.15, 0.2) is 0 Å². The average Bonchev–Trinajstić information content (AvgIpc) is 1.90. The van der Waals surface area contributed by atoms with Crippen molar-refractivity contribution in [1.82, 2.24) is 5.32 Å². The minimum absolute atomic E-state index is 0. The highest BCUT2D eigenvalue weighted by atomic mass is 32.2. The Hall–Kier alpha value is -0.560. The lowest BCUT2D eigenvalue weighted by Gasteiger charge is -1.86. The van der Waals surface area contributed by atoms with E-state index in [1.165, 1.54) is 6.08 Å². The van der Waals surface area contributed by atoms with Gasteiger partial charge >= 0.3 is 0 Å². The number of halogens is 3. The maximum atomic E-state index is 9.57. The van der Waals surface area contributed by atoms with Gasteiger partial charge in [-0.05, 0) is 13.1 Å². The fourth-order valence-electron chi connectivity index (χ4n) is 0.355. The summed E-state index contributed by atoms with van der Waals surface area (Å²) in [6, 6.07) is 0. The molecule has 1 N–H and O–H groups in total. The van der Waals surface area contributed by atoms with E-state index >= 15 is 0 Å². The molecule has 0 aliphatic carbocycles. The van der Waals surface area contributed by atoms with Crippen LogP contribution in [0.4, 0.5) is 14.1 Å². The molecule has 0 aromatic heterocycles. The van der Waals surface area contributed by atoms with Crippen LogP contribution in [-0.4, -0.2) is 27.3 Å². The van der Waals surface area contributed by atoms with E-state index < -0.39 is 10.7 Å². The van der Waals surface area contributed by atoms with E-state index in [4.69, 9.17) is 0 Å². The van der Waals surface area contributed by atoms with Crippen LogP contribution in [-0.2, 0) is 10.7 Å². The molecule has 0 heterocycles. The monoisotopic (exact) mass is 239 g/mol. The minimum Gasteiger partial charge on any atom is -0.317 e. The Morgan fingerprint density at radius 2 is 1.50 bits per heavy atom. The van der Waals surface area contributed by atoms with Gasteiger partial charge in [0.1, 0.15) is 10.7 Å². The summed E-state index contributed by atoms with van der Waals surface area (Å²) in [5.74, 6) is 0.0926. The first-order chi connectivity index (χ1) is 5.18. The second-order valence-corrected chi connectivity index (χ2v) is 2.79. The van der Waals surface area contributed by atoms with Crippen molar-refractivity contribution in [2.75, 3.05) is 18.8 Å². The molecule has 0 radical (unpaired) electrons. The van der Waals surface area contributed by atoms with Crippen LogP contribution in [0.2, 0.25) is 0 Å². The molecule has 0 aliphatic heterocycles. The lowest BCUT2D eigenvalue weighted by atomic mass is 10.7. The van der Waals surface area contributed by atoms with Crippen molar-refractivity contribution in [2.45, 2.75) is 13.8 Å². The van der Waals surface area contributed by atoms with Crippen molar-refractivity contribution in [2.24, 2.45) is 0 Å². The molecule has 0 saturated heterocycles. The molecule has 0 atom stereocenters. The van der Waals surface area contributed by atoms with Crippen LogP contribution in [0, 0.1) is 0 Å². The van der Waals surface area contributed by atoms with Crippen LogP contribution in [0.5, 0.6) is 0 Å². The Morgan fingerprint density at radius 3 is 1.50 bits per heavy atom. The van der Waals surface area contributed by atoms with Gasteiger partial charge in [0.25, 0.3) is 0 Å². The minimum atomic E-state index is -2.22. The predicted molar refractivity (Wildman–Crippen MR) is 57.1 cm³/mol. The second-order valence-electron chi connectivity index (χ2n) is 1.76. The molecule has 0 spiro atoms. The molecular weight excluding hydrogens is 219 g/mol. The van der Waals surface area contributed by atoms with Crippen LogP contribution in [0.1, 0.15) is 13.8 Å². The summed E-state index contributed by atoms with van der Waals surface area (Å²) < 4.78 is 19.1. The summed E-state index contributed by atoms with van der Waals surface area (Å²) in [6.45, 7) is 9.61. The first kappa shape index (κ1) is 29.2. The summed E-state index contributed by atoms with van der Waals surface area (Å²) in [5, 5.41) is 3.11. The third kappa shape index (κ3) is 63.3. The van der Waals surface area contributed by atoms with Crippen molar-refractivity contribution >= 4 is 10.7 Å². The molecule has 0 bridgehead atoms. The largest absolute Gasteiger partial charge is 0.317 e. The standard InChI is InChI=1S/C4H11N.C3H6O2S.3FH/c1-3-5-4-2;1-2-3-6(4)5;;;/h5H,3-4H2,1-2H3;2,6H,1,3H2;3*1H. The van der Waals surface area contributed by atoms with Gasteiger partial charge in [-0.25, -0.2) is 8.42 Å². The molecule has 0 aromatic carbocycles. The highest BCUT2D eigenvalue weighted by Crippen LogP contribution is 1.61. The molecule has 0 aromatic rings. The third-order valence-corrected chi connectivity index (χ3v) is 1.33. The molecule has 0 amide bonds. The quantitative estimate of drug-likeness (QED) is 0.565. The molecule has 0 aliphatic rings. The maximum absolute atomic E-state index is 9.57. The Balaban J connectivity index is -0.0000000321. The summed E-state index contributed by atoms with van der Waals surface area (Å²) in [6.07, 6.45) is 1.35. The van der Waals surface area contributed by atoms with Gasteiger partial charge in [-0.15, -0.1) is 6.58 Å². The van der Waals surface area contributed by atoms with E-state index in [1.807, 2.05) is 0 Å².